The van der Waals surface area contributed by atoms with Crippen LogP contribution in [0.15, 0.2) is 18.2 Å². The molecule has 1 rings (SSSR count). The van der Waals surface area contributed by atoms with E-state index in [0.717, 1.165) is 5.69 Å². The van der Waals surface area contributed by atoms with Crippen LogP contribution in [0.4, 0.5) is 5.69 Å². The zero-order valence-electron chi connectivity index (χ0n) is 8.64. The highest BCUT2D eigenvalue weighted by Gasteiger charge is 2.07. The van der Waals surface area contributed by atoms with Gasteiger partial charge in [-0.05, 0) is 17.7 Å². The number of nitriles is 1. The zero-order valence-corrected chi connectivity index (χ0v) is 8.64. The number of aliphatic hydroxyl groups is 2. The van der Waals surface area contributed by atoms with Crippen LogP contribution in [-0.4, -0.2) is 30.4 Å². The standard InChI is InChI=1S/C11H14N2O2/c1-13(4-5-14)11-3-2-9(8-15)6-10(11)7-12/h2-3,6,14-15H,4-5,8H2,1H3. The van der Waals surface area contributed by atoms with E-state index in [1.165, 1.54) is 0 Å². The lowest BCUT2D eigenvalue weighted by atomic mass is 10.1. The molecule has 0 saturated carbocycles. The van der Waals surface area contributed by atoms with E-state index in [4.69, 9.17) is 15.5 Å². The number of hydrogen-bond donors (Lipinski definition) is 2. The lowest BCUT2D eigenvalue weighted by molar-refractivity contribution is 0.282. The number of aliphatic hydroxyl groups excluding tert-OH is 2. The molecule has 0 amide bonds. The van der Waals surface area contributed by atoms with Gasteiger partial charge in [0.25, 0.3) is 0 Å². The average Bonchev–Trinajstić information content (AvgIpc) is 2.28. The SMILES string of the molecule is CN(CCO)c1ccc(CO)cc1C#N. The van der Waals surface area contributed by atoms with Crippen LogP contribution >= 0.6 is 0 Å². The fourth-order valence-electron chi connectivity index (χ4n) is 1.37. The van der Waals surface area contributed by atoms with Gasteiger partial charge in [-0.2, -0.15) is 5.26 Å². The minimum Gasteiger partial charge on any atom is -0.395 e. The van der Waals surface area contributed by atoms with Gasteiger partial charge in [0.05, 0.1) is 24.5 Å². The van der Waals surface area contributed by atoms with Crippen LogP contribution in [0.2, 0.25) is 0 Å². The molecule has 0 aliphatic heterocycles. The van der Waals surface area contributed by atoms with Gasteiger partial charge >= 0.3 is 0 Å². The summed E-state index contributed by atoms with van der Waals surface area (Å²) >= 11 is 0. The maximum absolute atomic E-state index is 8.93. The Kier molecular flexibility index (Phi) is 4.10. The van der Waals surface area contributed by atoms with E-state index in [1.807, 2.05) is 7.05 Å². The van der Waals surface area contributed by atoms with Crippen molar-refractivity contribution in [3.8, 4) is 6.07 Å². The molecule has 4 heteroatoms. The Hall–Kier alpha value is -1.57. The number of rotatable bonds is 4. The number of anilines is 1. The smallest absolute Gasteiger partial charge is 0.101 e. The summed E-state index contributed by atoms with van der Waals surface area (Å²) in [6, 6.07) is 7.28. The van der Waals surface area contributed by atoms with Crippen LogP contribution < -0.4 is 4.90 Å². The molecule has 0 bridgehead atoms. The second kappa shape index (κ2) is 5.35. The minimum absolute atomic E-state index is 0.0448. The summed E-state index contributed by atoms with van der Waals surface area (Å²) in [7, 11) is 1.81. The number of hydrogen-bond acceptors (Lipinski definition) is 4. The largest absolute Gasteiger partial charge is 0.395 e. The maximum atomic E-state index is 8.93. The van der Waals surface area contributed by atoms with Gasteiger partial charge in [0.1, 0.15) is 6.07 Å². The Morgan fingerprint density at radius 2 is 2.13 bits per heavy atom. The van der Waals surface area contributed by atoms with Crippen molar-refractivity contribution in [1.29, 1.82) is 5.26 Å². The summed E-state index contributed by atoms with van der Waals surface area (Å²) in [6.07, 6.45) is 0. The first kappa shape index (κ1) is 11.5. The van der Waals surface area contributed by atoms with Gasteiger partial charge in [-0.15, -0.1) is 0 Å². The fraction of sp³-hybridized carbons (Fsp3) is 0.364. The fourth-order valence-corrected chi connectivity index (χ4v) is 1.37. The molecule has 0 aromatic heterocycles. The summed E-state index contributed by atoms with van der Waals surface area (Å²) in [4.78, 5) is 1.81. The van der Waals surface area contributed by atoms with Gasteiger partial charge in [-0.1, -0.05) is 6.07 Å². The molecule has 0 heterocycles. The summed E-state index contributed by atoms with van der Waals surface area (Å²) < 4.78 is 0. The molecule has 80 valence electrons. The van der Waals surface area contributed by atoms with Crippen LogP contribution in [0.25, 0.3) is 0 Å². The number of nitrogens with zero attached hydrogens (tertiary/aromatic N) is 2. The zero-order chi connectivity index (χ0) is 11.3. The average molecular weight is 206 g/mol. The Morgan fingerprint density at radius 3 is 2.67 bits per heavy atom. The molecule has 0 atom stereocenters. The summed E-state index contributed by atoms with van der Waals surface area (Å²) in [5.74, 6) is 0. The highest BCUT2D eigenvalue weighted by atomic mass is 16.3. The second-order valence-corrected chi connectivity index (χ2v) is 3.27. The molecule has 0 aliphatic carbocycles. The molecule has 1 aromatic rings. The Balaban J connectivity index is 3.03. The van der Waals surface area contributed by atoms with E-state index in [9.17, 15) is 0 Å². The van der Waals surface area contributed by atoms with Crippen molar-refractivity contribution in [2.75, 3.05) is 25.1 Å². The van der Waals surface area contributed by atoms with Crippen LogP contribution in [0.5, 0.6) is 0 Å². The molecule has 0 radical (unpaired) electrons. The molecule has 1 aromatic carbocycles. The van der Waals surface area contributed by atoms with E-state index in [2.05, 4.69) is 6.07 Å². The third kappa shape index (κ3) is 2.69. The van der Waals surface area contributed by atoms with Gasteiger partial charge in [0.15, 0.2) is 0 Å². The number of likely N-dealkylation sites (N-methyl/N-ethyl adjacent to an activating group) is 1. The normalized spacial score (nSPS) is 9.73. The van der Waals surface area contributed by atoms with Gasteiger partial charge in [0.2, 0.25) is 0 Å². The molecule has 0 fully saturated rings. The van der Waals surface area contributed by atoms with Crippen molar-refractivity contribution in [3.63, 3.8) is 0 Å². The van der Waals surface area contributed by atoms with Crippen LogP contribution in [0.1, 0.15) is 11.1 Å². The van der Waals surface area contributed by atoms with Crippen LogP contribution in [0, 0.1) is 11.3 Å². The molecule has 2 N–H and O–H groups in total. The molecular formula is C11H14N2O2. The van der Waals surface area contributed by atoms with Gasteiger partial charge < -0.3 is 15.1 Å². The Labute approximate surface area is 89.0 Å². The Morgan fingerprint density at radius 1 is 1.40 bits per heavy atom. The van der Waals surface area contributed by atoms with Crippen molar-refractivity contribution in [1.82, 2.24) is 0 Å². The quantitative estimate of drug-likeness (QED) is 0.752. The van der Waals surface area contributed by atoms with E-state index < -0.39 is 0 Å². The second-order valence-electron chi connectivity index (χ2n) is 3.27. The van der Waals surface area contributed by atoms with Crippen LogP contribution in [0.3, 0.4) is 0 Å². The molecule has 15 heavy (non-hydrogen) atoms. The summed E-state index contributed by atoms with van der Waals surface area (Å²) in [5.41, 5.74) is 1.99. The Bertz CT molecular complexity index is 371. The van der Waals surface area contributed by atoms with E-state index in [1.54, 1.807) is 23.1 Å². The van der Waals surface area contributed by atoms with Gasteiger partial charge in [-0.3, -0.25) is 0 Å². The number of benzene rings is 1. The van der Waals surface area contributed by atoms with Crippen molar-refractivity contribution in [2.24, 2.45) is 0 Å². The predicted octanol–water partition coefficient (Wildman–Crippen LogP) is 0.479. The predicted molar refractivity (Wildman–Crippen MR) is 57.4 cm³/mol. The van der Waals surface area contributed by atoms with Crippen LogP contribution in [-0.2, 0) is 6.61 Å². The first-order valence-electron chi connectivity index (χ1n) is 4.68. The first-order valence-corrected chi connectivity index (χ1v) is 4.68. The van der Waals surface area contributed by atoms with Crippen molar-refractivity contribution < 1.29 is 10.2 Å². The summed E-state index contributed by atoms with van der Waals surface area (Å²) in [6.45, 7) is 0.453. The van der Waals surface area contributed by atoms with Gasteiger partial charge in [-0.25, -0.2) is 0 Å². The third-order valence-electron chi connectivity index (χ3n) is 2.21. The van der Waals surface area contributed by atoms with Crippen molar-refractivity contribution in [3.05, 3.63) is 29.3 Å². The highest BCUT2D eigenvalue weighted by molar-refractivity contribution is 5.60. The van der Waals surface area contributed by atoms with Crippen molar-refractivity contribution in [2.45, 2.75) is 6.61 Å². The van der Waals surface area contributed by atoms with E-state index in [-0.39, 0.29) is 13.2 Å². The van der Waals surface area contributed by atoms with E-state index >= 15 is 0 Å². The van der Waals surface area contributed by atoms with Gasteiger partial charge in [0, 0.05) is 13.6 Å². The third-order valence-corrected chi connectivity index (χ3v) is 2.21. The molecule has 0 spiro atoms. The minimum atomic E-state index is -0.0708. The molecule has 0 aliphatic rings. The maximum Gasteiger partial charge on any atom is 0.101 e. The topological polar surface area (TPSA) is 67.5 Å². The highest BCUT2D eigenvalue weighted by Crippen LogP contribution is 2.20. The lowest BCUT2D eigenvalue weighted by Gasteiger charge is -2.19. The first-order chi connectivity index (χ1) is 7.22. The van der Waals surface area contributed by atoms with E-state index in [0.29, 0.717) is 17.7 Å². The molecule has 4 nitrogen and oxygen atoms in total. The molecule has 0 unspecified atom stereocenters. The summed E-state index contributed by atoms with van der Waals surface area (Å²) in [5, 5.41) is 26.7. The molecular weight excluding hydrogens is 192 g/mol. The van der Waals surface area contributed by atoms with Crippen molar-refractivity contribution >= 4 is 5.69 Å². The lowest BCUT2D eigenvalue weighted by Crippen LogP contribution is -2.22. The molecule has 0 saturated heterocycles. The monoisotopic (exact) mass is 206 g/mol.